The third kappa shape index (κ3) is 2.10. The predicted octanol–water partition coefficient (Wildman–Crippen LogP) is 2.25. The molecule has 1 aromatic heterocycles. The van der Waals surface area contributed by atoms with Gasteiger partial charge in [0.05, 0.1) is 18.7 Å². The maximum Gasteiger partial charge on any atom is 0.407 e. The van der Waals surface area contributed by atoms with Crippen molar-refractivity contribution in [1.82, 2.24) is 10.3 Å². The first-order chi connectivity index (χ1) is 9.71. The molecule has 20 heavy (non-hydrogen) atoms. The van der Waals surface area contributed by atoms with Crippen molar-refractivity contribution in [2.45, 2.75) is 25.3 Å². The normalized spacial score (nSPS) is 17.3. The van der Waals surface area contributed by atoms with E-state index >= 15 is 0 Å². The molecule has 0 saturated heterocycles. The summed E-state index contributed by atoms with van der Waals surface area (Å²) in [5.74, 6) is 0. The number of alkyl carbamates (subject to hydrolysis) is 1. The van der Waals surface area contributed by atoms with Gasteiger partial charge in [0.1, 0.15) is 0 Å². The summed E-state index contributed by atoms with van der Waals surface area (Å²) in [5.41, 5.74) is 4.11. The molecule has 0 radical (unpaired) electrons. The predicted molar refractivity (Wildman–Crippen MR) is 74.4 cm³/mol. The minimum atomic E-state index is -0.393. The van der Waals surface area contributed by atoms with Crippen molar-refractivity contribution in [3.8, 4) is 6.07 Å². The lowest BCUT2D eigenvalue weighted by molar-refractivity contribution is 0.165. The molecule has 1 unspecified atom stereocenters. The van der Waals surface area contributed by atoms with Gasteiger partial charge in [-0.05, 0) is 43.0 Å². The lowest BCUT2D eigenvalue weighted by Gasteiger charge is -2.22. The molecule has 3 rings (SSSR count). The quantitative estimate of drug-likeness (QED) is 0.833. The maximum atomic E-state index is 11.3. The SMILES string of the molecule is COC(=O)NC1CCc2[nH]c3ccc(C#N)cc3c2C1. The van der Waals surface area contributed by atoms with Crippen LogP contribution in [0.15, 0.2) is 18.2 Å². The number of fused-ring (bicyclic) bond motifs is 3. The number of rotatable bonds is 1. The molecule has 1 aliphatic rings. The van der Waals surface area contributed by atoms with E-state index in [-0.39, 0.29) is 6.04 Å². The Bertz CT molecular complexity index is 712. The van der Waals surface area contributed by atoms with Gasteiger partial charge in [-0.15, -0.1) is 0 Å². The van der Waals surface area contributed by atoms with Crippen molar-refractivity contribution in [2.75, 3.05) is 7.11 Å². The molecule has 0 bridgehead atoms. The van der Waals surface area contributed by atoms with Crippen LogP contribution in [0.2, 0.25) is 0 Å². The Morgan fingerprint density at radius 2 is 2.40 bits per heavy atom. The first-order valence-electron chi connectivity index (χ1n) is 6.59. The number of ether oxygens (including phenoxy) is 1. The van der Waals surface area contributed by atoms with E-state index < -0.39 is 6.09 Å². The number of aromatic amines is 1. The molecule has 5 heteroatoms. The van der Waals surface area contributed by atoms with Gasteiger partial charge < -0.3 is 15.0 Å². The fourth-order valence-electron chi connectivity index (χ4n) is 2.84. The number of nitrogens with zero attached hydrogens (tertiary/aromatic N) is 1. The van der Waals surface area contributed by atoms with E-state index in [2.05, 4.69) is 21.1 Å². The molecule has 0 aliphatic heterocycles. The first-order valence-corrected chi connectivity index (χ1v) is 6.59. The van der Waals surface area contributed by atoms with Crippen LogP contribution in [0.25, 0.3) is 10.9 Å². The number of amides is 1. The van der Waals surface area contributed by atoms with Crippen molar-refractivity contribution in [3.05, 3.63) is 35.0 Å². The van der Waals surface area contributed by atoms with Gasteiger partial charge in [0.25, 0.3) is 0 Å². The molecule has 1 aliphatic carbocycles. The summed E-state index contributed by atoms with van der Waals surface area (Å²) >= 11 is 0. The van der Waals surface area contributed by atoms with Gasteiger partial charge in [-0.1, -0.05) is 0 Å². The Labute approximate surface area is 116 Å². The van der Waals surface area contributed by atoms with Gasteiger partial charge in [-0.25, -0.2) is 4.79 Å². The van der Waals surface area contributed by atoms with Crippen LogP contribution < -0.4 is 5.32 Å². The van der Waals surface area contributed by atoms with Crippen LogP contribution in [0.5, 0.6) is 0 Å². The van der Waals surface area contributed by atoms with E-state index in [1.165, 1.54) is 18.4 Å². The maximum absolute atomic E-state index is 11.3. The van der Waals surface area contributed by atoms with Crippen LogP contribution in [0.4, 0.5) is 4.79 Å². The standard InChI is InChI=1S/C15H15N3O2/c1-20-15(19)17-10-3-5-14-12(7-10)11-6-9(8-16)2-4-13(11)18-14/h2,4,6,10,18H,3,5,7H2,1H3,(H,17,19). The summed E-state index contributed by atoms with van der Waals surface area (Å²) in [4.78, 5) is 14.7. The van der Waals surface area contributed by atoms with Gasteiger partial charge >= 0.3 is 6.09 Å². The largest absolute Gasteiger partial charge is 0.453 e. The van der Waals surface area contributed by atoms with Crippen LogP contribution in [0, 0.1) is 11.3 Å². The monoisotopic (exact) mass is 269 g/mol. The summed E-state index contributed by atoms with van der Waals surface area (Å²) in [6, 6.07) is 7.91. The molecule has 1 heterocycles. The van der Waals surface area contributed by atoms with Gasteiger partial charge in [0.2, 0.25) is 0 Å². The van der Waals surface area contributed by atoms with Crippen molar-refractivity contribution in [3.63, 3.8) is 0 Å². The highest BCUT2D eigenvalue weighted by Gasteiger charge is 2.23. The molecule has 1 aromatic carbocycles. The number of nitriles is 1. The number of aromatic nitrogens is 1. The Balaban J connectivity index is 1.95. The molecular formula is C15H15N3O2. The Morgan fingerprint density at radius 3 is 3.15 bits per heavy atom. The smallest absolute Gasteiger partial charge is 0.407 e. The molecule has 0 spiro atoms. The van der Waals surface area contributed by atoms with Crippen LogP contribution >= 0.6 is 0 Å². The number of hydrogen-bond acceptors (Lipinski definition) is 3. The van der Waals surface area contributed by atoms with E-state index in [0.717, 1.165) is 30.2 Å². The number of benzene rings is 1. The minimum Gasteiger partial charge on any atom is -0.453 e. The van der Waals surface area contributed by atoms with Crippen LogP contribution in [0.3, 0.4) is 0 Å². The van der Waals surface area contributed by atoms with Crippen molar-refractivity contribution >= 4 is 17.0 Å². The van der Waals surface area contributed by atoms with Crippen molar-refractivity contribution in [1.29, 1.82) is 5.26 Å². The zero-order chi connectivity index (χ0) is 14.1. The molecule has 2 N–H and O–H groups in total. The lowest BCUT2D eigenvalue weighted by atomic mass is 9.91. The average molecular weight is 269 g/mol. The summed E-state index contributed by atoms with van der Waals surface area (Å²) < 4.78 is 4.65. The van der Waals surface area contributed by atoms with Gasteiger partial charge in [0, 0.05) is 22.6 Å². The zero-order valence-electron chi connectivity index (χ0n) is 11.2. The number of nitrogens with one attached hydrogen (secondary N) is 2. The van der Waals surface area contributed by atoms with E-state index in [4.69, 9.17) is 5.26 Å². The number of hydrogen-bond donors (Lipinski definition) is 2. The zero-order valence-corrected chi connectivity index (χ0v) is 11.2. The van der Waals surface area contributed by atoms with Crippen molar-refractivity contribution in [2.24, 2.45) is 0 Å². The van der Waals surface area contributed by atoms with E-state index in [0.29, 0.717) is 5.56 Å². The second-order valence-electron chi connectivity index (χ2n) is 5.03. The highest BCUT2D eigenvalue weighted by molar-refractivity contribution is 5.86. The van der Waals surface area contributed by atoms with Crippen molar-refractivity contribution < 1.29 is 9.53 Å². The van der Waals surface area contributed by atoms with E-state index in [1.54, 1.807) is 0 Å². The number of carbonyl (C=O) groups excluding carboxylic acids is 1. The average Bonchev–Trinajstić information content (AvgIpc) is 2.84. The molecule has 1 atom stereocenters. The Hall–Kier alpha value is -2.48. The fraction of sp³-hybridized carbons (Fsp3) is 0.333. The third-order valence-electron chi connectivity index (χ3n) is 3.82. The first kappa shape index (κ1) is 12.5. The molecule has 5 nitrogen and oxygen atoms in total. The highest BCUT2D eigenvalue weighted by Crippen LogP contribution is 2.29. The van der Waals surface area contributed by atoms with Gasteiger partial charge in [-0.3, -0.25) is 0 Å². The van der Waals surface area contributed by atoms with Gasteiger partial charge in [-0.2, -0.15) is 5.26 Å². The van der Waals surface area contributed by atoms with E-state index in [1.807, 2.05) is 18.2 Å². The Kier molecular flexibility index (Phi) is 3.07. The molecule has 0 fully saturated rings. The number of methoxy groups -OCH3 is 1. The second kappa shape index (κ2) is 4.89. The minimum absolute atomic E-state index is 0.0830. The third-order valence-corrected chi connectivity index (χ3v) is 3.82. The molecule has 2 aromatic rings. The number of carbonyl (C=O) groups is 1. The highest BCUT2D eigenvalue weighted by atomic mass is 16.5. The topological polar surface area (TPSA) is 77.9 Å². The Morgan fingerprint density at radius 1 is 1.55 bits per heavy atom. The number of H-pyrrole nitrogens is 1. The molecule has 102 valence electrons. The molecule has 1 amide bonds. The number of aryl methyl sites for hydroxylation is 1. The van der Waals surface area contributed by atoms with Crippen LogP contribution in [-0.4, -0.2) is 24.2 Å². The van der Waals surface area contributed by atoms with Gasteiger partial charge in [0.15, 0.2) is 0 Å². The van der Waals surface area contributed by atoms with E-state index in [9.17, 15) is 4.79 Å². The summed E-state index contributed by atoms with van der Waals surface area (Å²) in [5, 5.41) is 12.9. The summed E-state index contributed by atoms with van der Waals surface area (Å²) in [6.07, 6.45) is 2.15. The summed E-state index contributed by atoms with van der Waals surface area (Å²) in [6.45, 7) is 0. The van der Waals surface area contributed by atoms with Crippen LogP contribution in [-0.2, 0) is 17.6 Å². The fourth-order valence-corrected chi connectivity index (χ4v) is 2.84. The summed E-state index contributed by atoms with van der Waals surface area (Å²) in [7, 11) is 1.37. The molecular weight excluding hydrogens is 254 g/mol. The molecule has 0 saturated carbocycles. The lowest BCUT2D eigenvalue weighted by Crippen LogP contribution is -2.38. The second-order valence-corrected chi connectivity index (χ2v) is 5.03. The van der Waals surface area contributed by atoms with Crippen LogP contribution in [0.1, 0.15) is 23.2 Å².